The van der Waals surface area contributed by atoms with Gasteiger partial charge in [0.1, 0.15) is 0 Å². The van der Waals surface area contributed by atoms with Crippen molar-refractivity contribution in [3.05, 3.63) is 0 Å². The molecule has 0 bridgehead atoms. The summed E-state index contributed by atoms with van der Waals surface area (Å²) in [7, 11) is 0. The molecular weight excluding hydrogens is 286 g/mol. The quantitative estimate of drug-likeness (QED) is 0.274. The molecule has 0 unspecified atom stereocenters. The van der Waals surface area contributed by atoms with Crippen molar-refractivity contribution in [3.8, 4) is 0 Å². The normalized spacial score (nSPS) is 8.43. The topological polar surface area (TPSA) is 0 Å². The van der Waals surface area contributed by atoms with E-state index in [0.717, 1.165) is 0 Å². The first-order valence-corrected chi connectivity index (χ1v) is 6.57. The second-order valence-electron chi connectivity index (χ2n) is 0.447. The third kappa shape index (κ3) is 36.2. The van der Waals surface area contributed by atoms with Crippen molar-refractivity contribution in [2.24, 2.45) is 0 Å². The van der Waals surface area contributed by atoms with Gasteiger partial charge < -0.3 is 40.4 Å². The summed E-state index contributed by atoms with van der Waals surface area (Å²) in [5.74, 6) is 0. The van der Waals surface area contributed by atoms with Crippen molar-refractivity contribution in [3.63, 3.8) is 0 Å². The van der Waals surface area contributed by atoms with Crippen LogP contribution in [0.25, 0.3) is 0 Å². The molecule has 0 aliphatic carbocycles. The van der Waals surface area contributed by atoms with Crippen LogP contribution in [-0.2, 0) is 48.6 Å². The molecule has 0 saturated heterocycles. The van der Waals surface area contributed by atoms with Crippen molar-refractivity contribution in [1.82, 2.24) is 0 Å². The van der Waals surface area contributed by atoms with E-state index in [9.17, 15) is 0 Å². The fourth-order valence-electron chi connectivity index (χ4n) is 0. The zero-order chi connectivity index (χ0) is 4.50. The molecule has 7 heavy (non-hydrogen) atoms. The Morgan fingerprint density at radius 1 is 1.14 bits per heavy atom. The smallest absolute Gasteiger partial charge is 0.794 e. The molecule has 0 rings (SSSR count). The maximum atomic E-state index is 4.38. The minimum absolute atomic E-state index is 0. The average Bonchev–Trinajstić information content (AvgIpc) is 0.722. The first kappa shape index (κ1) is 17.8. The van der Waals surface area contributed by atoms with E-state index in [1.807, 2.05) is 0 Å². The van der Waals surface area contributed by atoms with Crippen LogP contribution in [0.3, 0.4) is 0 Å². The summed E-state index contributed by atoms with van der Waals surface area (Å²) >= 11 is 17.5. The van der Waals surface area contributed by atoms with Gasteiger partial charge in [0.15, 0.2) is 0 Å². The Balaban J connectivity index is -0.0000000800. The van der Waals surface area contributed by atoms with E-state index in [1.54, 1.807) is 0 Å². The molecule has 0 spiro atoms. The van der Waals surface area contributed by atoms with E-state index >= 15 is 0 Å². The number of hydrogen-bond donors (Lipinski definition) is 0. The first-order valence-electron chi connectivity index (χ1n) is 0.730. The van der Waals surface area contributed by atoms with E-state index < -0.39 is 3.64 Å². The van der Waals surface area contributed by atoms with Gasteiger partial charge in [-0.3, -0.25) is 0 Å². The van der Waals surface area contributed by atoms with Gasteiger partial charge in [-0.1, -0.05) is 0 Å². The largest absolute Gasteiger partial charge is 2.00 e. The summed E-state index contributed by atoms with van der Waals surface area (Å²) in [5.41, 5.74) is 0. The van der Waals surface area contributed by atoms with Gasteiger partial charge in [0, 0.05) is 0 Å². The van der Waals surface area contributed by atoms with E-state index in [0.29, 0.717) is 0 Å². The Bertz CT molecular complexity index is 57.8. The van der Waals surface area contributed by atoms with Crippen LogP contribution in [0.5, 0.6) is 0 Å². The predicted octanol–water partition coefficient (Wildman–Crippen LogP) is -2.53. The van der Waals surface area contributed by atoms with Crippen molar-refractivity contribution >= 4 is 97.7 Å². The van der Waals surface area contributed by atoms with Crippen molar-refractivity contribution in [2.45, 2.75) is 0 Å². The Morgan fingerprint density at radius 2 is 1.14 bits per heavy atom. The molecule has 0 N–H and O–H groups in total. The number of hydrogen-bond acceptors (Lipinski definition) is 4. The van der Waals surface area contributed by atoms with Gasteiger partial charge in [0.2, 0.25) is 0 Å². The monoisotopic (exact) mass is 286 g/mol. The minimum Gasteiger partial charge on any atom is -0.794 e. The zero-order valence-corrected chi connectivity index (χ0v) is 14.5. The molecule has 32 valence electrons. The molecule has 0 radical (unpaired) electrons. The van der Waals surface area contributed by atoms with Crippen LogP contribution in [-0.4, -0.2) is 45.5 Å². The molecule has 0 aromatic rings. The van der Waals surface area contributed by atoms with Crippen molar-refractivity contribution in [2.75, 3.05) is 0 Å². The van der Waals surface area contributed by atoms with Crippen LogP contribution in [0.2, 0.25) is 0 Å². The van der Waals surface area contributed by atoms with Gasteiger partial charge in [-0.25, -0.2) is 0 Å². The summed E-state index contributed by atoms with van der Waals surface area (Å²) < 4.78 is -2.06. The molecule has 0 aliphatic rings. The van der Waals surface area contributed by atoms with Gasteiger partial charge in [-0.05, 0) is 0 Å². The Hall–Kier alpha value is 4.82. The maximum Gasteiger partial charge on any atom is 2.00 e. The standard InChI is InChI=1S/K.H3PS4.Sr/c;2-1(3,4)5;/h;(H3,2,3,4,5);/q+1;;+2/p-3. The summed E-state index contributed by atoms with van der Waals surface area (Å²) in [4.78, 5) is 0. The summed E-state index contributed by atoms with van der Waals surface area (Å²) in [6.07, 6.45) is 0. The van der Waals surface area contributed by atoms with Crippen molar-refractivity contribution in [1.29, 1.82) is 0 Å². The van der Waals surface area contributed by atoms with Gasteiger partial charge in [-0.15, -0.1) is 0 Å². The summed E-state index contributed by atoms with van der Waals surface area (Å²) in [6, 6.07) is 0. The fraction of sp³-hybridized carbons (Fsp3) is 0. The molecule has 0 fully saturated rings. The first-order chi connectivity index (χ1) is 2.00. The molecule has 7 heteroatoms. The van der Waals surface area contributed by atoms with Crippen LogP contribution >= 0.6 is 3.64 Å². The SMILES string of the molecule is S=P([S-])([S-])[S-].[K+].[Sr+2]. The summed E-state index contributed by atoms with van der Waals surface area (Å²) in [6.45, 7) is 0. The maximum absolute atomic E-state index is 4.38. The molecule has 0 aromatic heterocycles. The zero-order valence-electron chi connectivity index (χ0n) is 3.79. The van der Waals surface area contributed by atoms with Gasteiger partial charge >= 0.3 is 96.9 Å². The third-order valence-electron chi connectivity index (χ3n) is 0. The summed E-state index contributed by atoms with van der Waals surface area (Å²) in [5, 5.41) is 0. The van der Waals surface area contributed by atoms with Gasteiger partial charge in [0.05, 0.1) is 0 Å². The van der Waals surface area contributed by atoms with E-state index in [2.05, 4.69) is 48.6 Å². The Labute approximate surface area is 145 Å². The molecule has 0 amide bonds. The van der Waals surface area contributed by atoms with Crippen LogP contribution in [0.1, 0.15) is 0 Å². The second-order valence-corrected chi connectivity index (χ2v) is 12.1. The molecule has 0 saturated carbocycles. The van der Waals surface area contributed by atoms with Gasteiger partial charge in [-0.2, -0.15) is 11.8 Å². The Morgan fingerprint density at radius 3 is 1.14 bits per heavy atom. The number of rotatable bonds is 0. The molecule has 0 aliphatic heterocycles. The van der Waals surface area contributed by atoms with Crippen LogP contribution < -0.4 is 51.4 Å². The molecule has 0 heterocycles. The van der Waals surface area contributed by atoms with Gasteiger partial charge in [0.25, 0.3) is 0 Å². The third-order valence-corrected chi connectivity index (χ3v) is 0. The molecule has 0 nitrogen and oxygen atoms in total. The molecule has 0 aromatic carbocycles. The predicted molar refractivity (Wildman–Crippen MR) is 42.1 cm³/mol. The molecular formula is KPS4Sr. The average molecular weight is 286 g/mol. The Kier molecular flexibility index (Phi) is 22.6. The van der Waals surface area contributed by atoms with Crippen LogP contribution in [0.4, 0.5) is 0 Å². The molecule has 0 atom stereocenters. The van der Waals surface area contributed by atoms with E-state index in [1.165, 1.54) is 0 Å². The van der Waals surface area contributed by atoms with E-state index in [4.69, 9.17) is 0 Å². The fourth-order valence-corrected chi connectivity index (χ4v) is 0. The van der Waals surface area contributed by atoms with Crippen molar-refractivity contribution < 1.29 is 51.4 Å². The minimum atomic E-state index is -2.06. The van der Waals surface area contributed by atoms with E-state index in [-0.39, 0.29) is 96.9 Å². The second kappa shape index (κ2) is 8.91. The van der Waals surface area contributed by atoms with Crippen LogP contribution in [0, 0.1) is 0 Å². The van der Waals surface area contributed by atoms with Crippen LogP contribution in [0.15, 0.2) is 0 Å².